The van der Waals surface area contributed by atoms with Crippen molar-refractivity contribution in [2.75, 3.05) is 19.0 Å². The zero-order valence-corrected chi connectivity index (χ0v) is 15.1. The zero-order chi connectivity index (χ0) is 18.5. The van der Waals surface area contributed by atoms with Gasteiger partial charge < -0.3 is 15.0 Å². The second kappa shape index (κ2) is 7.87. The molecule has 3 aromatic rings. The Morgan fingerprint density at radius 1 is 1.08 bits per heavy atom. The molecule has 134 valence electrons. The summed E-state index contributed by atoms with van der Waals surface area (Å²) < 4.78 is 18.5. The van der Waals surface area contributed by atoms with Gasteiger partial charge >= 0.3 is 0 Å². The summed E-state index contributed by atoms with van der Waals surface area (Å²) in [5.41, 5.74) is 5.11. The monoisotopic (exact) mass is 351 g/mol. The van der Waals surface area contributed by atoms with Crippen LogP contribution in [0.2, 0.25) is 0 Å². The van der Waals surface area contributed by atoms with Crippen LogP contribution in [0.4, 0.5) is 10.2 Å². The van der Waals surface area contributed by atoms with Gasteiger partial charge in [0.25, 0.3) is 0 Å². The third-order valence-corrected chi connectivity index (χ3v) is 4.19. The second-order valence-corrected chi connectivity index (χ2v) is 5.58. The van der Waals surface area contributed by atoms with Gasteiger partial charge in [0.1, 0.15) is 11.6 Å². The highest BCUT2D eigenvalue weighted by atomic mass is 19.1. The van der Waals surface area contributed by atoms with E-state index in [1.165, 1.54) is 6.07 Å². The number of pyridine rings is 1. The molecule has 5 heteroatoms. The first-order valence-electron chi connectivity index (χ1n) is 8.67. The Morgan fingerprint density at radius 2 is 1.88 bits per heavy atom. The number of nitrogens with one attached hydrogen (secondary N) is 2. The molecule has 2 aromatic heterocycles. The molecule has 4 rings (SSSR count). The van der Waals surface area contributed by atoms with Gasteiger partial charge in [0.05, 0.1) is 7.11 Å². The van der Waals surface area contributed by atoms with Gasteiger partial charge in [-0.3, -0.25) is 0 Å². The average Bonchev–Trinajstić information content (AvgIpc) is 3.13. The van der Waals surface area contributed by atoms with Crippen molar-refractivity contribution in [2.45, 2.75) is 13.8 Å². The number of anilines is 1. The van der Waals surface area contributed by atoms with Gasteiger partial charge in [-0.1, -0.05) is 32.0 Å². The van der Waals surface area contributed by atoms with Crippen LogP contribution in [0.25, 0.3) is 22.8 Å². The van der Waals surface area contributed by atoms with Crippen molar-refractivity contribution in [3.63, 3.8) is 0 Å². The summed E-state index contributed by atoms with van der Waals surface area (Å²) in [7, 11) is 1.67. The zero-order valence-electron chi connectivity index (χ0n) is 15.1. The largest absolute Gasteiger partial charge is 0.496 e. The number of nitrogens with zero attached hydrogens (tertiary/aromatic N) is 1. The highest BCUT2D eigenvalue weighted by Gasteiger charge is 2.19. The molecule has 1 aliphatic rings. The van der Waals surface area contributed by atoms with Gasteiger partial charge in [-0.2, -0.15) is 4.39 Å². The topological polar surface area (TPSA) is 49.9 Å². The maximum absolute atomic E-state index is 13.0. The molecule has 0 unspecified atom stereocenters. The van der Waals surface area contributed by atoms with Crippen LogP contribution in [0, 0.1) is 5.95 Å². The Kier molecular flexibility index (Phi) is 5.37. The molecule has 0 aliphatic carbocycles. The van der Waals surface area contributed by atoms with Crippen LogP contribution in [0.5, 0.6) is 5.75 Å². The van der Waals surface area contributed by atoms with Gasteiger partial charge in [-0.15, -0.1) is 0 Å². The summed E-state index contributed by atoms with van der Waals surface area (Å²) in [4.78, 5) is 7.01. The quantitative estimate of drug-likeness (QED) is 0.636. The Morgan fingerprint density at radius 3 is 2.62 bits per heavy atom. The third kappa shape index (κ3) is 3.33. The molecule has 1 aromatic carbocycles. The lowest BCUT2D eigenvalue weighted by molar-refractivity contribution is 0.416. The second-order valence-electron chi connectivity index (χ2n) is 5.58. The average molecular weight is 351 g/mol. The van der Waals surface area contributed by atoms with E-state index in [0.717, 1.165) is 39.4 Å². The fourth-order valence-electron chi connectivity index (χ4n) is 2.98. The summed E-state index contributed by atoms with van der Waals surface area (Å²) in [6, 6.07) is 11.0. The molecule has 0 amide bonds. The standard InChI is InChI=1S/C19H16FN3O.C2H6/c1-24-17-5-3-2-4-14(17)16-11-23-19-15(16)8-13(10-22-19)12-6-7-18(20)21-9-12;1-2/h2-9,11,22-23H,10H2,1H3;1-2H3. The first-order chi connectivity index (χ1) is 12.8. The predicted molar refractivity (Wildman–Crippen MR) is 105 cm³/mol. The first-order valence-corrected chi connectivity index (χ1v) is 8.67. The number of aromatic nitrogens is 2. The lowest BCUT2D eigenvalue weighted by atomic mass is 9.97. The van der Waals surface area contributed by atoms with Crippen LogP contribution in [-0.4, -0.2) is 23.6 Å². The van der Waals surface area contributed by atoms with E-state index >= 15 is 0 Å². The van der Waals surface area contributed by atoms with E-state index in [1.54, 1.807) is 19.4 Å². The summed E-state index contributed by atoms with van der Waals surface area (Å²) in [5, 5.41) is 3.37. The number of rotatable bonds is 3. The normalized spacial score (nSPS) is 12.2. The minimum atomic E-state index is -0.472. The van der Waals surface area contributed by atoms with E-state index in [2.05, 4.69) is 21.4 Å². The maximum atomic E-state index is 13.0. The molecule has 1 aliphatic heterocycles. The molecule has 0 bridgehead atoms. The van der Waals surface area contributed by atoms with E-state index in [1.807, 2.05) is 44.3 Å². The molecular formula is C21H22FN3O. The number of H-pyrrole nitrogens is 1. The Balaban J connectivity index is 0.000000948. The number of ether oxygens (including phenoxy) is 1. The minimum absolute atomic E-state index is 0.472. The van der Waals surface area contributed by atoms with Crippen LogP contribution < -0.4 is 10.1 Å². The van der Waals surface area contributed by atoms with E-state index in [9.17, 15) is 4.39 Å². The maximum Gasteiger partial charge on any atom is 0.212 e. The van der Waals surface area contributed by atoms with E-state index in [-0.39, 0.29) is 0 Å². The summed E-state index contributed by atoms with van der Waals surface area (Å²) in [5.74, 6) is 1.32. The van der Waals surface area contributed by atoms with Crippen molar-refractivity contribution in [1.82, 2.24) is 9.97 Å². The molecule has 26 heavy (non-hydrogen) atoms. The number of hydrogen-bond donors (Lipinski definition) is 2. The minimum Gasteiger partial charge on any atom is -0.496 e. The summed E-state index contributed by atoms with van der Waals surface area (Å²) in [6.07, 6.45) is 5.64. The van der Waals surface area contributed by atoms with Crippen molar-refractivity contribution in [3.8, 4) is 16.9 Å². The molecule has 3 heterocycles. The van der Waals surface area contributed by atoms with Gasteiger partial charge in [0.2, 0.25) is 5.95 Å². The molecular weight excluding hydrogens is 329 g/mol. The molecule has 0 atom stereocenters. The molecule has 2 N–H and O–H groups in total. The lowest BCUT2D eigenvalue weighted by Gasteiger charge is -2.17. The van der Waals surface area contributed by atoms with Crippen LogP contribution in [0.15, 0.2) is 48.8 Å². The molecule has 0 saturated carbocycles. The number of benzene rings is 1. The Bertz CT molecular complexity index is 913. The van der Waals surface area contributed by atoms with E-state index in [0.29, 0.717) is 6.54 Å². The number of hydrogen-bond acceptors (Lipinski definition) is 3. The predicted octanol–water partition coefficient (Wildman–Crippen LogP) is 5.22. The van der Waals surface area contributed by atoms with Gasteiger partial charge in [-0.05, 0) is 35.4 Å². The van der Waals surface area contributed by atoms with E-state index in [4.69, 9.17) is 4.74 Å². The summed E-state index contributed by atoms with van der Waals surface area (Å²) >= 11 is 0. The number of fused-ring (bicyclic) bond motifs is 1. The van der Waals surface area contributed by atoms with Crippen molar-refractivity contribution in [1.29, 1.82) is 0 Å². The lowest BCUT2D eigenvalue weighted by Crippen LogP contribution is -2.10. The van der Waals surface area contributed by atoms with Crippen molar-refractivity contribution >= 4 is 17.5 Å². The van der Waals surface area contributed by atoms with Gasteiger partial charge in [0.15, 0.2) is 0 Å². The number of para-hydroxylation sites is 1. The van der Waals surface area contributed by atoms with Crippen molar-refractivity contribution < 1.29 is 9.13 Å². The Labute approximate surface area is 152 Å². The number of aromatic amines is 1. The fourth-order valence-corrected chi connectivity index (χ4v) is 2.98. The number of halogens is 1. The van der Waals surface area contributed by atoms with Crippen LogP contribution in [0.1, 0.15) is 25.0 Å². The molecule has 0 fully saturated rings. The highest BCUT2D eigenvalue weighted by Crippen LogP contribution is 2.39. The van der Waals surface area contributed by atoms with Gasteiger partial charge in [0, 0.05) is 35.6 Å². The number of methoxy groups -OCH3 is 1. The van der Waals surface area contributed by atoms with Crippen LogP contribution >= 0.6 is 0 Å². The molecule has 0 saturated heterocycles. The fraction of sp³-hybridized carbons (Fsp3) is 0.190. The Hall–Kier alpha value is -3.08. The molecule has 0 spiro atoms. The van der Waals surface area contributed by atoms with Crippen molar-refractivity contribution in [2.24, 2.45) is 0 Å². The highest BCUT2D eigenvalue weighted by molar-refractivity contribution is 5.96. The first kappa shape index (κ1) is 17.7. The molecule has 0 radical (unpaired) electrons. The van der Waals surface area contributed by atoms with Gasteiger partial charge in [-0.25, -0.2) is 4.98 Å². The SMILES string of the molecule is CC.COc1ccccc1-c1c[nH]c2c1C=C(c1ccc(F)nc1)CN2. The van der Waals surface area contributed by atoms with Crippen molar-refractivity contribution in [3.05, 3.63) is 65.9 Å². The smallest absolute Gasteiger partial charge is 0.212 e. The third-order valence-electron chi connectivity index (χ3n) is 4.19. The van der Waals surface area contributed by atoms with Crippen LogP contribution in [-0.2, 0) is 0 Å². The van der Waals surface area contributed by atoms with E-state index < -0.39 is 5.95 Å². The van der Waals surface area contributed by atoms with Crippen LogP contribution in [0.3, 0.4) is 0 Å². The molecule has 4 nitrogen and oxygen atoms in total. The summed E-state index contributed by atoms with van der Waals surface area (Å²) in [6.45, 7) is 4.66.